The maximum atomic E-state index is 12.8. The summed E-state index contributed by atoms with van der Waals surface area (Å²) < 4.78 is 28.0. The summed E-state index contributed by atoms with van der Waals surface area (Å²) >= 11 is 9.47. The van der Waals surface area contributed by atoms with E-state index in [0.29, 0.717) is 18.8 Å². The molecule has 0 unspecified atom stereocenters. The highest BCUT2D eigenvalue weighted by Crippen LogP contribution is 2.26. The van der Waals surface area contributed by atoms with Gasteiger partial charge in [-0.2, -0.15) is 4.31 Å². The standard InChI is InChI=1S/C18H18BrClN2O3S/c19-13-4-6-14(7-5-13)21-18(23)16-12-15(8-9-17(16)20)26(24,25)22-10-2-1-3-11-22/h4-9,12H,1-3,10-11H2,(H,21,23). The third kappa shape index (κ3) is 4.28. The molecule has 1 fully saturated rings. The Kier molecular flexibility index (Phi) is 6.02. The van der Waals surface area contributed by atoms with Crippen molar-refractivity contribution in [2.24, 2.45) is 0 Å². The van der Waals surface area contributed by atoms with Crippen molar-refractivity contribution >= 4 is 49.1 Å². The van der Waals surface area contributed by atoms with Gasteiger partial charge in [0.25, 0.3) is 5.91 Å². The van der Waals surface area contributed by atoms with Crippen LogP contribution in [0.25, 0.3) is 0 Å². The fraction of sp³-hybridized carbons (Fsp3) is 0.278. The van der Waals surface area contributed by atoms with E-state index in [9.17, 15) is 13.2 Å². The summed E-state index contributed by atoms with van der Waals surface area (Å²) in [6.07, 6.45) is 2.74. The Balaban J connectivity index is 1.87. The molecule has 8 heteroatoms. The van der Waals surface area contributed by atoms with E-state index in [2.05, 4.69) is 21.2 Å². The molecule has 1 aliphatic rings. The molecule has 3 rings (SSSR count). The van der Waals surface area contributed by atoms with Gasteiger partial charge in [-0.3, -0.25) is 4.79 Å². The van der Waals surface area contributed by atoms with Crippen molar-refractivity contribution < 1.29 is 13.2 Å². The number of amides is 1. The summed E-state index contributed by atoms with van der Waals surface area (Å²) in [6.45, 7) is 1.01. The van der Waals surface area contributed by atoms with E-state index in [-0.39, 0.29) is 15.5 Å². The van der Waals surface area contributed by atoms with Crippen molar-refractivity contribution in [3.05, 3.63) is 57.5 Å². The molecule has 2 aromatic carbocycles. The highest BCUT2D eigenvalue weighted by molar-refractivity contribution is 9.10. The summed E-state index contributed by atoms with van der Waals surface area (Å²) in [6, 6.07) is 11.3. The fourth-order valence-corrected chi connectivity index (χ4v) is 4.84. The number of nitrogens with one attached hydrogen (secondary N) is 1. The van der Waals surface area contributed by atoms with Crippen molar-refractivity contribution in [3.63, 3.8) is 0 Å². The van der Waals surface area contributed by atoms with Gasteiger partial charge in [-0.05, 0) is 55.3 Å². The molecule has 0 saturated carbocycles. The molecule has 26 heavy (non-hydrogen) atoms. The third-order valence-electron chi connectivity index (χ3n) is 4.24. The molecule has 0 spiro atoms. The Labute approximate surface area is 166 Å². The highest BCUT2D eigenvalue weighted by atomic mass is 79.9. The second-order valence-electron chi connectivity index (χ2n) is 6.07. The van der Waals surface area contributed by atoms with Gasteiger partial charge in [0.15, 0.2) is 0 Å². The van der Waals surface area contributed by atoms with Crippen LogP contribution in [0.2, 0.25) is 5.02 Å². The highest BCUT2D eigenvalue weighted by Gasteiger charge is 2.27. The lowest BCUT2D eigenvalue weighted by Gasteiger charge is -2.26. The Morgan fingerprint density at radius 1 is 1.04 bits per heavy atom. The average Bonchev–Trinajstić information content (AvgIpc) is 2.64. The van der Waals surface area contributed by atoms with Crippen LogP contribution in [0.5, 0.6) is 0 Å². The number of sulfonamides is 1. The van der Waals surface area contributed by atoms with Crippen LogP contribution in [-0.4, -0.2) is 31.7 Å². The van der Waals surface area contributed by atoms with E-state index in [1.165, 1.54) is 22.5 Å². The van der Waals surface area contributed by atoms with Crippen LogP contribution >= 0.6 is 27.5 Å². The van der Waals surface area contributed by atoms with Crippen LogP contribution in [0.1, 0.15) is 29.6 Å². The van der Waals surface area contributed by atoms with Gasteiger partial charge in [-0.1, -0.05) is 34.0 Å². The second-order valence-corrected chi connectivity index (χ2v) is 9.33. The van der Waals surface area contributed by atoms with Crippen LogP contribution < -0.4 is 5.32 Å². The first-order chi connectivity index (χ1) is 12.4. The summed E-state index contributed by atoms with van der Waals surface area (Å²) in [4.78, 5) is 12.6. The summed E-state index contributed by atoms with van der Waals surface area (Å²) in [5.74, 6) is -0.451. The van der Waals surface area contributed by atoms with E-state index < -0.39 is 15.9 Å². The van der Waals surface area contributed by atoms with Crippen LogP contribution in [0.4, 0.5) is 5.69 Å². The molecular weight excluding hydrogens is 440 g/mol. The largest absolute Gasteiger partial charge is 0.322 e. The number of nitrogens with zero attached hydrogens (tertiary/aromatic N) is 1. The maximum Gasteiger partial charge on any atom is 0.257 e. The van der Waals surface area contributed by atoms with Gasteiger partial charge in [0, 0.05) is 23.2 Å². The summed E-state index contributed by atoms with van der Waals surface area (Å²) in [7, 11) is -3.62. The van der Waals surface area contributed by atoms with Gasteiger partial charge in [-0.25, -0.2) is 8.42 Å². The first kappa shape index (κ1) is 19.4. The molecule has 0 aromatic heterocycles. The first-order valence-electron chi connectivity index (χ1n) is 8.24. The zero-order chi connectivity index (χ0) is 18.7. The van der Waals surface area contributed by atoms with Crippen molar-refractivity contribution in [2.45, 2.75) is 24.2 Å². The van der Waals surface area contributed by atoms with Crippen LogP contribution in [0.15, 0.2) is 51.8 Å². The lowest BCUT2D eigenvalue weighted by Crippen LogP contribution is -2.35. The molecule has 1 heterocycles. The third-order valence-corrected chi connectivity index (χ3v) is 6.99. The van der Waals surface area contributed by atoms with E-state index in [1.807, 2.05) is 0 Å². The molecule has 0 atom stereocenters. The molecule has 1 aliphatic heterocycles. The molecule has 0 bridgehead atoms. The quantitative estimate of drug-likeness (QED) is 0.733. The number of hydrogen-bond acceptors (Lipinski definition) is 3. The first-order valence-corrected chi connectivity index (χ1v) is 10.9. The minimum Gasteiger partial charge on any atom is -0.322 e. The molecule has 5 nitrogen and oxygen atoms in total. The van der Waals surface area contributed by atoms with Crippen molar-refractivity contribution in [2.75, 3.05) is 18.4 Å². The van der Waals surface area contributed by atoms with E-state index in [4.69, 9.17) is 11.6 Å². The molecular formula is C18H18BrClN2O3S. The SMILES string of the molecule is O=C(Nc1ccc(Br)cc1)c1cc(S(=O)(=O)N2CCCCC2)ccc1Cl. The predicted molar refractivity (Wildman–Crippen MR) is 106 cm³/mol. The van der Waals surface area contributed by atoms with Crippen molar-refractivity contribution in [3.8, 4) is 0 Å². The smallest absolute Gasteiger partial charge is 0.257 e. The number of benzene rings is 2. The number of piperidine rings is 1. The number of halogens is 2. The minimum atomic E-state index is -3.62. The molecule has 1 N–H and O–H groups in total. The predicted octanol–water partition coefficient (Wildman–Crippen LogP) is 4.53. The van der Waals surface area contributed by atoms with E-state index >= 15 is 0 Å². The fourth-order valence-electron chi connectivity index (χ4n) is 2.82. The topological polar surface area (TPSA) is 66.5 Å². The average molecular weight is 458 g/mol. The van der Waals surface area contributed by atoms with Crippen LogP contribution in [0.3, 0.4) is 0 Å². The van der Waals surface area contributed by atoms with E-state index in [0.717, 1.165) is 23.7 Å². The Morgan fingerprint density at radius 3 is 2.35 bits per heavy atom. The zero-order valence-corrected chi connectivity index (χ0v) is 17.1. The Morgan fingerprint density at radius 2 is 1.69 bits per heavy atom. The number of anilines is 1. The maximum absolute atomic E-state index is 12.8. The molecule has 138 valence electrons. The van der Waals surface area contributed by atoms with Gasteiger partial charge in [0.05, 0.1) is 15.5 Å². The molecule has 0 radical (unpaired) electrons. The molecule has 1 amide bonds. The number of rotatable bonds is 4. The van der Waals surface area contributed by atoms with Gasteiger partial charge in [0.2, 0.25) is 10.0 Å². The molecule has 2 aromatic rings. The summed E-state index contributed by atoms with van der Waals surface area (Å²) in [5, 5.41) is 2.94. The second kappa shape index (κ2) is 8.08. The van der Waals surface area contributed by atoms with E-state index in [1.54, 1.807) is 24.3 Å². The molecule has 1 saturated heterocycles. The zero-order valence-electron chi connectivity index (χ0n) is 13.9. The normalized spacial score (nSPS) is 15.6. The van der Waals surface area contributed by atoms with Gasteiger partial charge in [0.1, 0.15) is 0 Å². The Bertz CT molecular complexity index is 911. The minimum absolute atomic E-state index is 0.0877. The molecule has 0 aliphatic carbocycles. The van der Waals surface area contributed by atoms with Gasteiger partial charge >= 0.3 is 0 Å². The van der Waals surface area contributed by atoms with Crippen LogP contribution in [0, 0.1) is 0 Å². The van der Waals surface area contributed by atoms with Gasteiger partial charge < -0.3 is 5.32 Å². The van der Waals surface area contributed by atoms with Crippen molar-refractivity contribution in [1.29, 1.82) is 0 Å². The number of carbonyl (C=O) groups excluding carboxylic acids is 1. The number of hydrogen-bond donors (Lipinski definition) is 1. The van der Waals surface area contributed by atoms with Gasteiger partial charge in [-0.15, -0.1) is 0 Å². The van der Waals surface area contributed by atoms with Crippen molar-refractivity contribution in [1.82, 2.24) is 4.31 Å². The number of carbonyl (C=O) groups is 1. The van der Waals surface area contributed by atoms with Crippen LogP contribution in [-0.2, 0) is 10.0 Å². The lowest BCUT2D eigenvalue weighted by molar-refractivity contribution is 0.102. The summed E-state index contributed by atoms with van der Waals surface area (Å²) in [5.41, 5.74) is 0.728. The monoisotopic (exact) mass is 456 g/mol. The Hall–Kier alpha value is -1.41. The lowest BCUT2D eigenvalue weighted by atomic mass is 10.2.